The Morgan fingerprint density at radius 1 is 1.00 bits per heavy atom. The second kappa shape index (κ2) is 6.70. The van der Waals surface area contributed by atoms with Gasteiger partial charge in [0.2, 0.25) is 0 Å². The highest BCUT2D eigenvalue weighted by Gasteiger charge is 2.06. The number of nitrogens with one attached hydrogen (secondary N) is 1. The van der Waals surface area contributed by atoms with Gasteiger partial charge in [-0.15, -0.1) is 0 Å². The molecule has 1 aromatic carbocycles. The molecule has 2 atom stereocenters. The monoisotopic (exact) mass is 219 g/mol. The van der Waals surface area contributed by atoms with Crippen molar-refractivity contribution in [1.29, 1.82) is 0 Å². The normalized spacial score (nSPS) is 14.8. The smallest absolute Gasteiger partial charge is 0.00462 e. The molecule has 0 amide bonds. The number of rotatable bonds is 6. The zero-order valence-corrected chi connectivity index (χ0v) is 11.1. The van der Waals surface area contributed by atoms with Crippen LogP contribution in [-0.2, 0) is 0 Å². The van der Waals surface area contributed by atoms with Crippen molar-refractivity contribution in [2.45, 2.75) is 45.4 Å². The van der Waals surface area contributed by atoms with Crippen LogP contribution >= 0.6 is 0 Å². The van der Waals surface area contributed by atoms with E-state index in [1.54, 1.807) is 0 Å². The molecule has 0 fully saturated rings. The van der Waals surface area contributed by atoms with Crippen molar-refractivity contribution in [3.8, 4) is 0 Å². The van der Waals surface area contributed by atoms with Gasteiger partial charge in [-0.05, 0) is 49.4 Å². The van der Waals surface area contributed by atoms with Crippen LogP contribution in [0.5, 0.6) is 0 Å². The molecule has 1 N–H and O–H groups in total. The Balaban J connectivity index is 2.63. The first-order valence-electron chi connectivity index (χ1n) is 6.43. The molecule has 90 valence electrons. The maximum Gasteiger partial charge on any atom is -0.00462 e. The van der Waals surface area contributed by atoms with Crippen LogP contribution in [0, 0.1) is 0 Å². The molecule has 0 aromatic heterocycles. The van der Waals surface area contributed by atoms with Gasteiger partial charge < -0.3 is 5.32 Å². The van der Waals surface area contributed by atoms with Gasteiger partial charge in [0.05, 0.1) is 0 Å². The van der Waals surface area contributed by atoms with Crippen molar-refractivity contribution >= 4 is 0 Å². The molecule has 1 heteroatoms. The number of benzene rings is 1. The third kappa shape index (κ3) is 3.64. The van der Waals surface area contributed by atoms with Crippen molar-refractivity contribution in [1.82, 2.24) is 5.32 Å². The quantitative estimate of drug-likeness (QED) is 0.765. The van der Waals surface area contributed by atoms with E-state index in [0.29, 0.717) is 11.8 Å². The zero-order chi connectivity index (χ0) is 12.0. The SMILES string of the molecule is CCC(C)c1ccc(C(C)CCNC)cc1. The lowest BCUT2D eigenvalue weighted by Gasteiger charge is -2.14. The van der Waals surface area contributed by atoms with Crippen LogP contribution in [0.2, 0.25) is 0 Å². The molecule has 0 bridgehead atoms. The fourth-order valence-corrected chi connectivity index (χ4v) is 1.92. The third-order valence-electron chi connectivity index (χ3n) is 3.51. The number of hydrogen-bond donors (Lipinski definition) is 1. The lowest BCUT2D eigenvalue weighted by atomic mass is 9.93. The molecule has 0 aliphatic heterocycles. The minimum Gasteiger partial charge on any atom is -0.320 e. The van der Waals surface area contributed by atoms with Crippen LogP contribution in [0.15, 0.2) is 24.3 Å². The van der Waals surface area contributed by atoms with Gasteiger partial charge in [-0.2, -0.15) is 0 Å². The van der Waals surface area contributed by atoms with E-state index in [1.807, 2.05) is 7.05 Å². The highest BCUT2D eigenvalue weighted by atomic mass is 14.8. The average Bonchev–Trinajstić information content (AvgIpc) is 2.35. The maximum atomic E-state index is 3.21. The van der Waals surface area contributed by atoms with Crippen LogP contribution in [0.25, 0.3) is 0 Å². The molecular weight excluding hydrogens is 194 g/mol. The van der Waals surface area contributed by atoms with E-state index >= 15 is 0 Å². The second-order valence-electron chi connectivity index (χ2n) is 4.77. The molecule has 0 heterocycles. The van der Waals surface area contributed by atoms with Crippen LogP contribution < -0.4 is 5.32 Å². The molecule has 1 aromatic rings. The van der Waals surface area contributed by atoms with Gasteiger partial charge in [0.1, 0.15) is 0 Å². The zero-order valence-electron chi connectivity index (χ0n) is 11.1. The minimum absolute atomic E-state index is 0.651. The van der Waals surface area contributed by atoms with E-state index in [0.717, 1.165) is 6.54 Å². The van der Waals surface area contributed by atoms with Crippen molar-refractivity contribution < 1.29 is 0 Å². The summed E-state index contributed by atoms with van der Waals surface area (Å²) in [5, 5.41) is 3.21. The first-order chi connectivity index (χ1) is 7.69. The molecule has 1 rings (SSSR count). The summed E-state index contributed by atoms with van der Waals surface area (Å²) in [5.74, 6) is 1.33. The predicted molar refractivity (Wildman–Crippen MR) is 72.1 cm³/mol. The summed E-state index contributed by atoms with van der Waals surface area (Å²) in [6.07, 6.45) is 2.42. The van der Waals surface area contributed by atoms with E-state index in [1.165, 1.54) is 24.0 Å². The highest BCUT2D eigenvalue weighted by Crippen LogP contribution is 2.23. The lowest BCUT2D eigenvalue weighted by molar-refractivity contribution is 0.635. The summed E-state index contributed by atoms with van der Waals surface area (Å²) in [5.41, 5.74) is 2.93. The molecule has 0 aliphatic carbocycles. The van der Waals surface area contributed by atoms with Gasteiger partial charge >= 0.3 is 0 Å². The van der Waals surface area contributed by atoms with Gasteiger partial charge in [-0.25, -0.2) is 0 Å². The Hall–Kier alpha value is -0.820. The molecule has 1 nitrogen and oxygen atoms in total. The highest BCUT2D eigenvalue weighted by molar-refractivity contribution is 5.27. The van der Waals surface area contributed by atoms with Crippen LogP contribution in [-0.4, -0.2) is 13.6 Å². The summed E-state index contributed by atoms with van der Waals surface area (Å²) < 4.78 is 0. The summed E-state index contributed by atoms with van der Waals surface area (Å²) in [6, 6.07) is 9.17. The van der Waals surface area contributed by atoms with Crippen molar-refractivity contribution in [2.75, 3.05) is 13.6 Å². The van der Waals surface area contributed by atoms with Crippen molar-refractivity contribution in [3.05, 3.63) is 35.4 Å². The Bertz CT molecular complexity index is 289. The molecule has 16 heavy (non-hydrogen) atoms. The first kappa shape index (κ1) is 13.2. The van der Waals surface area contributed by atoms with E-state index < -0.39 is 0 Å². The first-order valence-corrected chi connectivity index (χ1v) is 6.43. The summed E-state index contributed by atoms with van der Waals surface area (Å²) in [7, 11) is 2.01. The largest absolute Gasteiger partial charge is 0.320 e. The molecule has 0 aliphatic rings. The second-order valence-corrected chi connectivity index (χ2v) is 4.77. The Morgan fingerprint density at radius 3 is 1.94 bits per heavy atom. The van der Waals surface area contributed by atoms with Crippen molar-refractivity contribution in [3.63, 3.8) is 0 Å². The van der Waals surface area contributed by atoms with Gasteiger partial charge in [0.15, 0.2) is 0 Å². The fraction of sp³-hybridized carbons (Fsp3) is 0.600. The van der Waals surface area contributed by atoms with Gasteiger partial charge in [0, 0.05) is 0 Å². The van der Waals surface area contributed by atoms with E-state index in [4.69, 9.17) is 0 Å². The van der Waals surface area contributed by atoms with Crippen LogP contribution in [0.4, 0.5) is 0 Å². The molecule has 0 spiro atoms. The van der Waals surface area contributed by atoms with E-state index in [9.17, 15) is 0 Å². The molecule has 0 saturated heterocycles. The molecular formula is C15H25N. The van der Waals surface area contributed by atoms with E-state index in [2.05, 4.69) is 50.4 Å². The molecule has 0 saturated carbocycles. The maximum absolute atomic E-state index is 3.21. The van der Waals surface area contributed by atoms with Gasteiger partial charge in [0.25, 0.3) is 0 Å². The molecule has 2 unspecified atom stereocenters. The fourth-order valence-electron chi connectivity index (χ4n) is 1.92. The average molecular weight is 219 g/mol. The Morgan fingerprint density at radius 2 is 1.50 bits per heavy atom. The van der Waals surface area contributed by atoms with Crippen LogP contribution in [0.1, 0.15) is 56.6 Å². The predicted octanol–water partition coefficient (Wildman–Crippen LogP) is 3.91. The van der Waals surface area contributed by atoms with Gasteiger partial charge in [-0.3, -0.25) is 0 Å². The standard InChI is InChI=1S/C15H25N/c1-5-12(2)14-6-8-15(9-7-14)13(3)10-11-16-4/h6-9,12-13,16H,5,10-11H2,1-4H3. The third-order valence-corrected chi connectivity index (χ3v) is 3.51. The van der Waals surface area contributed by atoms with E-state index in [-0.39, 0.29) is 0 Å². The van der Waals surface area contributed by atoms with Gasteiger partial charge in [-0.1, -0.05) is 45.0 Å². The summed E-state index contributed by atoms with van der Waals surface area (Å²) >= 11 is 0. The topological polar surface area (TPSA) is 12.0 Å². The lowest BCUT2D eigenvalue weighted by Crippen LogP contribution is -2.10. The van der Waals surface area contributed by atoms with Crippen LogP contribution in [0.3, 0.4) is 0 Å². The summed E-state index contributed by atoms with van der Waals surface area (Å²) in [6.45, 7) is 7.93. The van der Waals surface area contributed by atoms with Crippen molar-refractivity contribution in [2.24, 2.45) is 0 Å². The number of hydrogen-bond acceptors (Lipinski definition) is 1. The Labute approximate surface area is 100 Å². The molecule has 0 radical (unpaired) electrons. The Kier molecular flexibility index (Phi) is 5.54. The summed E-state index contributed by atoms with van der Waals surface area (Å²) in [4.78, 5) is 0. The minimum atomic E-state index is 0.651.